The Kier molecular flexibility index (Phi) is 5.79. The van der Waals surface area contributed by atoms with Gasteiger partial charge in [0.2, 0.25) is 0 Å². The van der Waals surface area contributed by atoms with Gasteiger partial charge in [0, 0.05) is 12.1 Å². The molecular formula is C15H25NO3. The molecule has 108 valence electrons. The van der Waals surface area contributed by atoms with Gasteiger partial charge in [0.05, 0.1) is 6.61 Å². The molecule has 0 heterocycles. The van der Waals surface area contributed by atoms with Gasteiger partial charge in [0.25, 0.3) is 0 Å². The standard InChI is InChI=1S/C15H25NO3/c1-11-6-5-7-14(12(11)2)19-9-13(18)8-16-15(3,4)10-17/h5-7,13,16-18H,8-10H2,1-4H3/t13-/m1/s1. The van der Waals surface area contributed by atoms with Gasteiger partial charge < -0.3 is 20.3 Å². The van der Waals surface area contributed by atoms with Gasteiger partial charge in [0.1, 0.15) is 18.5 Å². The molecule has 1 rings (SSSR count). The van der Waals surface area contributed by atoms with Gasteiger partial charge in [-0.1, -0.05) is 12.1 Å². The van der Waals surface area contributed by atoms with E-state index in [0.717, 1.165) is 11.3 Å². The van der Waals surface area contributed by atoms with Crippen LogP contribution in [0.3, 0.4) is 0 Å². The largest absolute Gasteiger partial charge is 0.491 e. The molecule has 0 amide bonds. The topological polar surface area (TPSA) is 61.7 Å². The first-order chi connectivity index (χ1) is 8.85. The second kappa shape index (κ2) is 6.89. The summed E-state index contributed by atoms with van der Waals surface area (Å²) in [4.78, 5) is 0. The predicted molar refractivity (Wildman–Crippen MR) is 76.6 cm³/mol. The van der Waals surface area contributed by atoms with Crippen LogP contribution in [0.4, 0.5) is 0 Å². The van der Waals surface area contributed by atoms with Crippen LogP contribution < -0.4 is 10.1 Å². The van der Waals surface area contributed by atoms with E-state index in [1.807, 2.05) is 45.9 Å². The Morgan fingerprint density at radius 1 is 1.32 bits per heavy atom. The molecule has 0 unspecified atom stereocenters. The molecule has 19 heavy (non-hydrogen) atoms. The summed E-state index contributed by atoms with van der Waals surface area (Å²) in [6.07, 6.45) is -0.606. The Morgan fingerprint density at radius 2 is 2.00 bits per heavy atom. The van der Waals surface area contributed by atoms with Crippen molar-refractivity contribution in [3.05, 3.63) is 29.3 Å². The number of aliphatic hydroxyl groups is 2. The first-order valence-corrected chi connectivity index (χ1v) is 6.58. The van der Waals surface area contributed by atoms with E-state index in [-0.39, 0.29) is 18.8 Å². The van der Waals surface area contributed by atoms with Crippen molar-refractivity contribution >= 4 is 0 Å². The van der Waals surface area contributed by atoms with Gasteiger partial charge in [-0.05, 0) is 44.9 Å². The fourth-order valence-corrected chi connectivity index (χ4v) is 1.58. The van der Waals surface area contributed by atoms with Crippen LogP contribution in [-0.4, -0.2) is 41.6 Å². The number of hydrogen-bond acceptors (Lipinski definition) is 4. The smallest absolute Gasteiger partial charge is 0.122 e. The molecule has 0 saturated heterocycles. The first-order valence-electron chi connectivity index (χ1n) is 6.58. The molecule has 1 atom stereocenters. The van der Waals surface area contributed by atoms with E-state index in [1.54, 1.807) is 0 Å². The Balaban J connectivity index is 2.42. The van der Waals surface area contributed by atoms with Crippen LogP contribution in [0.25, 0.3) is 0 Å². The predicted octanol–water partition coefficient (Wildman–Crippen LogP) is 1.40. The van der Waals surface area contributed by atoms with Crippen molar-refractivity contribution < 1.29 is 14.9 Å². The maximum atomic E-state index is 9.86. The van der Waals surface area contributed by atoms with Gasteiger partial charge in [-0.3, -0.25) is 0 Å². The Bertz CT molecular complexity index is 404. The summed E-state index contributed by atoms with van der Waals surface area (Å²) in [5, 5.41) is 22.1. The molecule has 0 bridgehead atoms. The fourth-order valence-electron chi connectivity index (χ4n) is 1.58. The molecule has 4 nitrogen and oxygen atoms in total. The van der Waals surface area contributed by atoms with Crippen LogP contribution >= 0.6 is 0 Å². The van der Waals surface area contributed by atoms with Gasteiger partial charge in [0.15, 0.2) is 0 Å². The zero-order valence-corrected chi connectivity index (χ0v) is 12.2. The summed E-state index contributed by atoms with van der Waals surface area (Å²) in [7, 11) is 0. The average Bonchev–Trinajstić information content (AvgIpc) is 2.38. The third-order valence-corrected chi connectivity index (χ3v) is 3.20. The van der Waals surface area contributed by atoms with Crippen molar-refractivity contribution in [2.45, 2.75) is 39.3 Å². The number of nitrogens with one attached hydrogen (secondary N) is 1. The molecule has 0 aliphatic carbocycles. The van der Waals surface area contributed by atoms with Crippen LogP contribution in [0.1, 0.15) is 25.0 Å². The van der Waals surface area contributed by atoms with Crippen molar-refractivity contribution in [2.24, 2.45) is 0 Å². The number of hydrogen-bond donors (Lipinski definition) is 3. The molecule has 4 heteroatoms. The lowest BCUT2D eigenvalue weighted by atomic mass is 10.1. The van der Waals surface area contributed by atoms with Crippen LogP contribution in [0, 0.1) is 13.8 Å². The maximum absolute atomic E-state index is 9.86. The lowest BCUT2D eigenvalue weighted by Crippen LogP contribution is -2.47. The molecule has 1 aromatic rings. The number of β-amino-alcohol motifs (C(OH)–C–C–N with tert-alkyl or cyclic N) is 1. The lowest BCUT2D eigenvalue weighted by molar-refractivity contribution is 0.0904. The fraction of sp³-hybridized carbons (Fsp3) is 0.600. The molecule has 0 fully saturated rings. The second-order valence-corrected chi connectivity index (χ2v) is 5.59. The van der Waals surface area contributed by atoms with E-state index in [1.165, 1.54) is 5.56 Å². The Morgan fingerprint density at radius 3 is 2.63 bits per heavy atom. The molecule has 1 aromatic carbocycles. The number of ether oxygens (including phenoxy) is 1. The highest BCUT2D eigenvalue weighted by Crippen LogP contribution is 2.20. The monoisotopic (exact) mass is 267 g/mol. The van der Waals surface area contributed by atoms with E-state index in [4.69, 9.17) is 9.84 Å². The molecular weight excluding hydrogens is 242 g/mol. The Hall–Kier alpha value is -1.10. The van der Waals surface area contributed by atoms with Gasteiger partial charge >= 0.3 is 0 Å². The lowest BCUT2D eigenvalue weighted by Gasteiger charge is -2.25. The molecule has 0 spiro atoms. The minimum Gasteiger partial charge on any atom is -0.491 e. The number of aliphatic hydroxyl groups excluding tert-OH is 2. The quantitative estimate of drug-likeness (QED) is 0.699. The van der Waals surface area contributed by atoms with Crippen molar-refractivity contribution in [1.82, 2.24) is 5.32 Å². The van der Waals surface area contributed by atoms with Crippen LogP contribution in [0.15, 0.2) is 18.2 Å². The minimum absolute atomic E-state index is 0.0254. The van der Waals surface area contributed by atoms with E-state index >= 15 is 0 Å². The molecule has 0 saturated carbocycles. The summed E-state index contributed by atoms with van der Waals surface area (Å²) in [6, 6.07) is 5.88. The summed E-state index contributed by atoms with van der Waals surface area (Å²) in [5.41, 5.74) is 1.88. The van der Waals surface area contributed by atoms with Crippen molar-refractivity contribution in [2.75, 3.05) is 19.8 Å². The van der Waals surface area contributed by atoms with Gasteiger partial charge in [-0.25, -0.2) is 0 Å². The number of aryl methyl sites for hydroxylation is 1. The van der Waals surface area contributed by atoms with Crippen molar-refractivity contribution in [3.63, 3.8) is 0 Å². The summed E-state index contributed by atoms with van der Waals surface area (Å²) < 4.78 is 5.63. The van der Waals surface area contributed by atoms with E-state index in [2.05, 4.69) is 5.32 Å². The summed E-state index contributed by atoms with van der Waals surface area (Å²) in [5.74, 6) is 0.806. The maximum Gasteiger partial charge on any atom is 0.122 e. The molecule has 3 N–H and O–H groups in total. The zero-order chi connectivity index (χ0) is 14.5. The third-order valence-electron chi connectivity index (χ3n) is 3.20. The highest BCUT2D eigenvalue weighted by atomic mass is 16.5. The van der Waals surface area contributed by atoms with E-state index < -0.39 is 6.10 Å². The molecule has 0 aliphatic heterocycles. The van der Waals surface area contributed by atoms with Gasteiger partial charge in [-0.2, -0.15) is 0 Å². The highest BCUT2D eigenvalue weighted by molar-refractivity contribution is 5.38. The summed E-state index contributed by atoms with van der Waals surface area (Å²) >= 11 is 0. The zero-order valence-electron chi connectivity index (χ0n) is 12.2. The van der Waals surface area contributed by atoms with Crippen molar-refractivity contribution in [3.8, 4) is 5.75 Å². The average molecular weight is 267 g/mol. The second-order valence-electron chi connectivity index (χ2n) is 5.59. The van der Waals surface area contributed by atoms with Gasteiger partial charge in [-0.15, -0.1) is 0 Å². The van der Waals surface area contributed by atoms with E-state index in [9.17, 15) is 5.11 Å². The minimum atomic E-state index is -0.606. The SMILES string of the molecule is Cc1cccc(OC[C@H](O)CNC(C)(C)CO)c1C. The molecule has 0 aromatic heterocycles. The normalized spacial score (nSPS) is 13.4. The van der Waals surface area contributed by atoms with Crippen LogP contribution in [-0.2, 0) is 0 Å². The van der Waals surface area contributed by atoms with Crippen molar-refractivity contribution in [1.29, 1.82) is 0 Å². The van der Waals surface area contributed by atoms with Crippen LogP contribution in [0.2, 0.25) is 0 Å². The molecule has 0 radical (unpaired) electrons. The number of benzene rings is 1. The van der Waals surface area contributed by atoms with E-state index in [0.29, 0.717) is 6.54 Å². The third kappa shape index (κ3) is 5.19. The molecule has 0 aliphatic rings. The number of rotatable bonds is 7. The Labute approximate surface area is 115 Å². The summed E-state index contributed by atoms with van der Waals surface area (Å²) in [6.45, 7) is 8.44. The highest BCUT2D eigenvalue weighted by Gasteiger charge is 2.17. The van der Waals surface area contributed by atoms with Crippen LogP contribution in [0.5, 0.6) is 5.75 Å². The first kappa shape index (κ1) is 16.0.